The minimum absolute atomic E-state index is 0.248. The Morgan fingerprint density at radius 1 is 1.30 bits per heavy atom. The van der Waals surface area contributed by atoms with Gasteiger partial charge in [0.05, 0.1) is 0 Å². The second kappa shape index (κ2) is 4.54. The third-order valence-electron chi connectivity index (χ3n) is 1.39. The van der Waals surface area contributed by atoms with Crippen LogP contribution >= 0.6 is 0 Å². The third kappa shape index (κ3) is 7.74. The Kier molecular flexibility index (Phi) is 4.42. The molecule has 0 saturated heterocycles. The van der Waals surface area contributed by atoms with Gasteiger partial charge < -0.3 is 0 Å². The first-order valence-electron chi connectivity index (χ1n) is 4.06. The summed E-state index contributed by atoms with van der Waals surface area (Å²) in [6.07, 6.45) is 7.96. The minimum Gasteiger partial charge on any atom is -0.0888 e. The van der Waals surface area contributed by atoms with Gasteiger partial charge >= 0.3 is 0 Å². The number of hydrogen-bond acceptors (Lipinski definition) is 0. The van der Waals surface area contributed by atoms with E-state index in [0.717, 1.165) is 6.42 Å². The van der Waals surface area contributed by atoms with Crippen molar-refractivity contribution in [1.82, 2.24) is 0 Å². The monoisotopic (exact) mass is 139 g/mol. The molecule has 0 unspecified atom stereocenters. The molecule has 0 atom stereocenters. The lowest BCUT2D eigenvalue weighted by Gasteiger charge is -2.15. The summed E-state index contributed by atoms with van der Waals surface area (Å²) in [5.74, 6) is 0. The van der Waals surface area contributed by atoms with Gasteiger partial charge in [0.1, 0.15) is 0 Å². The Morgan fingerprint density at radius 3 is 2.30 bits per heavy atom. The van der Waals surface area contributed by atoms with E-state index in [1.54, 1.807) is 0 Å². The summed E-state index contributed by atoms with van der Waals surface area (Å²) in [4.78, 5) is 0. The Morgan fingerprint density at radius 2 is 1.90 bits per heavy atom. The highest BCUT2D eigenvalue weighted by atomic mass is 14.1. The highest BCUT2D eigenvalue weighted by molar-refractivity contribution is 4.83. The van der Waals surface area contributed by atoms with Crippen LogP contribution in [0.3, 0.4) is 0 Å². The maximum atomic E-state index is 4.03. The lowest BCUT2D eigenvalue weighted by molar-refractivity contribution is 0.437. The SMILES string of the molecule is [CH2]C(C)(C)CCC=CCC. The number of rotatable bonds is 4. The summed E-state index contributed by atoms with van der Waals surface area (Å²) >= 11 is 0. The van der Waals surface area contributed by atoms with Crippen LogP contribution in [0.1, 0.15) is 40.0 Å². The van der Waals surface area contributed by atoms with Gasteiger partial charge in [0, 0.05) is 0 Å². The Labute approximate surface area is 65.3 Å². The second-order valence-electron chi connectivity index (χ2n) is 3.58. The van der Waals surface area contributed by atoms with E-state index in [1.807, 2.05) is 0 Å². The topological polar surface area (TPSA) is 0 Å². The molecule has 0 spiro atoms. The summed E-state index contributed by atoms with van der Waals surface area (Å²) in [7, 11) is 0. The maximum Gasteiger partial charge on any atom is -0.0346 e. The quantitative estimate of drug-likeness (QED) is 0.522. The molecule has 0 N–H and O–H groups in total. The first kappa shape index (κ1) is 9.74. The molecule has 0 amide bonds. The molecule has 0 aliphatic carbocycles. The summed E-state index contributed by atoms with van der Waals surface area (Å²) in [6, 6.07) is 0. The zero-order chi connectivity index (χ0) is 8.04. The lowest BCUT2D eigenvalue weighted by atomic mass is 9.90. The first-order valence-corrected chi connectivity index (χ1v) is 4.06. The molecule has 10 heavy (non-hydrogen) atoms. The van der Waals surface area contributed by atoms with Crippen LogP contribution in [0.4, 0.5) is 0 Å². The van der Waals surface area contributed by atoms with Crippen LogP contribution in [0.15, 0.2) is 12.2 Å². The van der Waals surface area contributed by atoms with Crippen molar-refractivity contribution in [3.8, 4) is 0 Å². The van der Waals surface area contributed by atoms with Crippen molar-refractivity contribution in [2.75, 3.05) is 0 Å². The van der Waals surface area contributed by atoms with E-state index in [4.69, 9.17) is 0 Å². The molecule has 0 saturated carbocycles. The third-order valence-corrected chi connectivity index (χ3v) is 1.39. The number of allylic oxidation sites excluding steroid dienone is 2. The predicted octanol–water partition coefficient (Wildman–Crippen LogP) is 3.59. The molecule has 1 radical (unpaired) electrons. The van der Waals surface area contributed by atoms with Gasteiger partial charge in [0.2, 0.25) is 0 Å². The lowest BCUT2D eigenvalue weighted by Crippen LogP contribution is -2.03. The van der Waals surface area contributed by atoms with Crippen LogP contribution in [-0.2, 0) is 0 Å². The highest BCUT2D eigenvalue weighted by Gasteiger charge is 2.07. The fraction of sp³-hybridized carbons (Fsp3) is 0.700. The van der Waals surface area contributed by atoms with Crippen LogP contribution < -0.4 is 0 Å². The Bertz CT molecular complexity index is 93.1. The average Bonchev–Trinajstić information content (AvgIpc) is 1.78. The van der Waals surface area contributed by atoms with Crippen molar-refractivity contribution in [2.45, 2.75) is 40.0 Å². The standard InChI is InChI=1S/C10H19/c1-5-6-7-8-9-10(2,3)4/h6-7H,2,5,8-9H2,1,3-4H3. The normalized spacial score (nSPS) is 12.8. The summed E-state index contributed by atoms with van der Waals surface area (Å²) in [5, 5.41) is 0. The van der Waals surface area contributed by atoms with E-state index in [1.165, 1.54) is 12.8 Å². The van der Waals surface area contributed by atoms with E-state index in [9.17, 15) is 0 Å². The predicted molar refractivity (Wildman–Crippen MR) is 47.8 cm³/mol. The molecule has 0 aromatic rings. The largest absolute Gasteiger partial charge is 0.0888 e. The van der Waals surface area contributed by atoms with Gasteiger partial charge in [-0.1, -0.05) is 32.9 Å². The molecule has 0 bridgehead atoms. The van der Waals surface area contributed by atoms with E-state index in [-0.39, 0.29) is 5.41 Å². The summed E-state index contributed by atoms with van der Waals surface area (Å²) in [6.45, 7) is 10.5. The van der Waals surface area contributed by atoms with E-state index in [0.29, 0.717) is 0 Å². The van der Waals surface area contributed by atoms with Crippen molar-refractivity contribution in [3.63, 3.8) is 0 Å². The molecule has 0 rings (SSSR count). The average molecular weight is 139 g/mol. The maximum absolute atomic E-state index is 4.03. The number of hydrogen-bond donors (Lipinski definition) is 0. The van der Waals surface area contributed by atoms with Gasteiger partial charge in [-0.25, -0.2) is 0 Å². The Balaban J connectivity index is 3.28. The van der Waals surface area contributed by atoms with Gasteiger partial charge in [0.25, 0.3) is 0 Å². The van der Waals surface area contributed by atoms with E-state index in [2.05, 4.69) is 39.8 Å². The molecule has 0 fully saturated rings. The molecule has 0 aromatic carbocycles. The van der Waals surface area contributed by atoms with Crippen LogP contribution in [-0.4, -0.2) is 0 Å². The molecule has 0 heteroatoms. The molecular formula is C10H19. The summed E-state index contributed by atoms with van der Waals surface area (Å²) in [5.41, 5.74) is 0.248. The van der Waals surface area contributed by atoms with E-state index < -0.39 is 0 Å². The van der Waals surface area contributed by atoms with Crippen molar-refractivity contribution in [1.29, 1.82) is 0 Å². The van der Waals surface area contributed by atoms with Gasteiger partial charge in [-0.15, -0.1) is 0 Å². The van der Waals surface area contributed by atoms with Crippen LogP contribution in [0, 0.1) is 12.3 Å². The van der Waals surface area contributed by atoms with E-state index >= 15 is 0 Å². The smallest absolute Gasteiger partial charge is 0.0346 e. The highest BCUT2D eigenvalue weighted by Crippen LogP contribution is 2.19. The van der Waals surface area contributed by atoms with Crippen LogP contribution in [0.2, 0.25) is 0 Å². The zero-order valence-electron chi connectivity index (χ0n) is 7.48. The molecule has 0 aromatic heterocycles. The fourth-order valence-electron chi connectivity index (χ4n) is 0.759. The molecular weight excluding hydrogens is 120 g/mol. The van der Waals surface area contributed by atoms with Gasteiger partial charge in [-0.05, 0) is 31.6 Å². The fourth-order valence-corrected chi connectivity index (χ4v) is 0.759. The second-order valence-corrected chi connectivity index (χ2v) is 3.58. The molecule has 0 aliphatic rings. The zero-order valence-corrected chi connectivity index (χ0v) is 7.48. The molecule has 59 valence electrons. The van der Waals surface area contributed by atoms with Crippen molar-refractivity contribution in [2.24, 2.45) is 5.41 Å². The Hall–Kier alpha value is -0.260. The summed E-state index contributed by atoms with van der Waals surface area (Å²) < 4.78 is 0. The van der Waals surface area contributed by atoms with Gasteiger partial charge in [0.15, 0.2) is 0 Å². The minimum atomic E-state index is 0.248. The van der Waals surface area contributed by atoms with Crippen molar-refractivity contribution < 1.29 is 0 Å². The van der Waals surface area contributed by atoms with Gasteiger partial charge in [-0.2, -0.15) is 0 Å². The van der Waals surface area contributed by atoms with Crippen molar-refractivity contribution in [3.05, 3.63) is 19.1 Å². The first-order chi connectivity index (χ1) is 4.56. The molecule has 0 nitrogen and oxygen atoms in total. The molecule has 0 aliphatic heterocycles. The van der Waals surface area contributed by atoms with Gasteiger partial charge in [-0.3, -0.25) is 0 Å². The van der Waals surface area contributed by atoms with Crippen LogP contribution in [0.25, 0.3) is 0 Å². The molecule has 0 heterocycles. The van der Waals surface area contributed by atoms with Crippen molar-refractivity contribution >= 4 is 0 Å². The van der Waals surface area contributed by atoms with Crippen LogP contribution in [0.5, 0.6) is 0 Å².